The summed E-state index contributed by atoms with van der Waals surface area (Å²) in [6.07, 6.45) is 6.25. The smallest absolute Gasteiger partial charge is 0.244 e. The summed E-state index contributed by atoms with van der Waals surface area (Å²) in [5, 5.41) is 0.817. The Kier molecular flexibility index (Phi) is 5.01. The molecule has 0 amide bonds. The molecule has 0 aromatic carbocycles. The molecule has 6 heteroatoms. The number of rotatable bonds is 5. The van der Waals surface area contributed by atoms with Crippen LogP contribution in [0.1, 0.15) is 19.3 Å². The molecule has 2 heterocycles. The fraction of sp³-hybridized carbons (Fsp3) is 0.462. The zero-order valence-electron chi connectivity index (χ0n) is 10.8. The van der Waals surface area contributed by atoms with E-state index in [1.165, 1.54) is 18.0 Å². The molecule has 1 aliphatic heterocycles. The Morgan fingerprint density at radius 3 is 2.63 bits per heavy atom. The van der Waals surface area contributed by atoms with Crippen molar-refractivity contribution in [1.29, 1.82) is 0 Å². The number of pyridine rings is 1. The van der Waals surface area contributed by atoms with Crippen molar-refractivity contribution in [3.8, 4) is 0 Å². The monoisotopic (exact) mass is 298 g/mol. The van der Waals surface area contributed by atoms with Crippen LogP contribution < -0.4 is 0 Å². The van der Waals surface area contributed by atoms with Crippen LogP contribution in [0.15, 0.2) is 40.9 Å². The van der Waals surface area contributed by atoms with E-state index in [2.05, 4.69) is 11.6 Å². The summed E-state index contributed by atoms with van der Waals surface area (Å²) >= 11 is 1.54. The Balaban J connectivity index is 2.13. The number of piperidine rings is 1. The summed E-state index contributed by atoms with van der Waals surface area (Å²) in [6.45, 7) is 4.88. The van der Waals surface area contributed by atoms with Gasteiger partial charge in [0, 0.05) is 25.0 Å². The first-order valence-corrected chi connectivity index (χ1v) is 8.77. The van der Waals surface area contributed by atoms with Gasteiger partial charge < -0.3 is 0 Å². The van der Waals surface area contributed by atoms with Gasteiger partial charge in [-0.3, -0.25) is 0 Å². The Bertz CT molecular complexity index is 520. The van der Waals surface area contributed by atoms with Gasteiger partial charge in [0.1, 0.15) is 4.90 Å². The fourth-order valence-corrected chi connectivity index (χ4v) is 4.05. The molecule has 4 nitrogen and oxygen atoms in total. The second-order valence-electron chi connectivity index (χ2n) is 4.40. The average molecular weight is 298 g/mol. The van der Waals surface area contributed by atoms with Gasteiger partial charge in [0.2, 0.25) is 10.0 Å². The molecule has 0 bridgehead atoms. The molecule has 0 saturated carbocycles. The first kappa shape index (κ1) is 14.6. The van der Waals surface area contributed by atoms with E-state index in [4.69, 9.17) is 0 Å². The highest BCUT2D eigenvalue weighted by Gasteiger charge is 2.25. The van der Waals surface area contributed by atoms with E-state index in [1.807, 2.05) is 0 Å². The number of thioether (sulfide) groups is 1. The maximum absolute atomic E-state index is 12.4. The summed E-state index contributed by atoms with van der Waals surface area (Å²) in [5.74, 6) is 0.769. The minimum absolute atomic E-state index is 0.289. The summed E-state index contributed by atoms with van der Waals surface area (Å²) in [7, 11) is -3.36. The van der Waals surface area contributed by atoms with Gasteiger partial charge in [0.05, 0.1) is 5.03 Å². The fourth-order valence-electron chi connectivity index (χ4n) is 2.00. The van der Waals surface area contributed by atoms with Crippen LogP contribution in [0.3, 0.4) is 0 Å². The van der Waals surface area contributed by atoms with E-state index in [9.17, 15) is 8.42 Å². The zero-order valence-corrected chi connectivity index (χ0v) is 12.4. The molecule has 0 radical (unpaired) electrons. The summed E-state index contributed by atoms with van der Waals surface area (Å²) in [5.41, 5.74) is 0. The van der Waals surface area contributed by atoms with E-state index in [1.54, 1.807) is 22.5 Å². The van der Waals surface area contributed by atoms with Crippen LogP contribution >= 0.6 is 11.8 Å². The van der Waals surface area contributed by atoms with E-state index in [-0.39, 0.29) is 4.90 Å². The van der Waals surface area contributed by atoms with Crippen molar-refractivity contribution >= 4 is 21.8 Å². The molecule has 1 aliphatic rings. The molecular weight excluding hydrogens is 280 g/mol. The second-order valence-corrected chi connectivity index (χ2v) is 7.37. The average Bonchev–Trinajstić information content (AvgIpc) is 2.46. The van der Waals surface area contributed by atoms with Crippen molar-refractivity contribution in [1.82, 2.24) is 9.29 Å². The van der Waals surface area contributed by atoms with E-state index in [0.717, 1.165) is 30.0 Å². The van der Waals surface area contributed by atoms with Crippen molar-refractivity contribution in [3.63, 3.8) is 0 Å². The molecule has 19 heavy (non-hydrogen) atoms. The molecule has 1 saturated heterocycles. The van der Waals surface area contributed by atoms with Gasteiger partial charge in [-0.1, -0.05) is 12.5 Å². The van der Waals surface area contributed by atoms with Gasteiger partial charge in [-0.05, 0) is 25.0 Å². The third-order valence-electron chi connectivity index (χ3n) is 3.01. The molecule has 0 unspecified atom stereocenters. The van der Waals surface area contributed by atoms with Crippen molar-refractivity contribution in [2.24, 2.45) is 0 Å². The van der Waals surface area contributed by atoms with Gasteiger partial charge in [0.25, 0.3) is 0 Å². The van der Waals surface area contributed by atoms with Gasteiger partial charge >= 0.3 is 0 Å². The van der Waals surface area contributed by atoms with Gasteiger partial charge in [-0.25, -0.2) is 13.4 Å². The number of hydrogen-bond donors (Lipinski definition) is 0. The molecule has 0 aliphatic carbocycles. The van der Waals surface area contributed by atoms with Crippen LogP contribution in [0.2, 0.25) is 0 Å². The summed E-state index contributed by atoms with van der Waals surface area (Å²) in [4.78, 5) is 4.48. The lowest BCUT2D eigenvalue weighted by Crippen LogP contribution is -2.35. The largest absolute Gasteiger partial charge is 0.249 e. The predicted octanol–water partition coefficient (Wildman–Crippen LogP) is 2.53. The number of nitrogens with zero attached hydrogens (tertiary/aromatic N) is 2. The van der Waals surface area contributed by atoms with Gasteiger partial charge in [0.15, 0.2) is 0 Å². The van der Waals surface area contributed by atoms with Crippen molar-refractivity contribution in [2.75, 3.05) is 18.8 Å². The topological polar surface area (TPSA) is 50.3 Å². The Morgan fingerprint density at radius 2 is 2.05 bits per heavy atom. The Labute approximate surface area is 119 Å². The molecule has 0 atom stereocenters. The highest BCUT2D eigenvalue weighted by molar-refractivity contribution is 7.99. The number of aromatic nitrogens is 1. The van der Waals surface area contributed by atoms with Crippen LogP contribution in [-0.2, 0) is 10.0 Å². The Morgan fingerprint density at radius 1 is 1.32 bits per heavy atom. The van der Waals surface area contributed by atoms with Crippen LogP contribution in [0.25, 0.3) is 0 Å². The normalized spacial score (nSPS) is 17.3. The van der Waals surface area contributed by atoms with E-state index in [0.29, 0.717) is 13.1 Å². The summed E-state index contributed by atoms with van der Waals surface area (Å²) in [6, 6.07) is 3.40. The van der Waals surface area contributed by atoms with Crippen LogP contribution in [0, 0.1) is 0 Å². The first-order valence-electron chi connectivity index (χ1n) is 6.34. The van der Waals surface area contributed by atoms with E-state index < -0.39 is 10.0 Å². The molecular formula is C13H18N2O2S2. The quantitative estimate of drug-likeness (QED) is 0.619. The summed E-state index contributed by atoms with van der Waals surface area (Å²) < 4.78 is 26.3. The Hall–Kier alpha value is -0.850. The molecule has 0 spiro atoms. The highest BCUT2D eigenvalue weighted by atomic mass is 32.2. The standard InChI is InChI=1S/C13H18N2O2S2/c1-2-10-18-13-7-6-12(11-14-13)19(16,17)15-8-4-3-5-9-15/h2,6-7,11H,1,3-5,8-10H2. The minimum atomic E-state index is -3.36. The molecule has 2 rings (SSSR count). The molecule has 1 aromatic heterocycles. The second kappa shape index (κ2) is 6.54. The minimum Gasteiger partial charge on any atom is -0.249 e. The third-order valence-corrected chi connectivity index (χ3v) is 5.83. The third kappa shape index (κ3) is 3.58. The van der Waals surface area contributed by atoms with Crippen molar-refractivity contribution < 1.29 is 8.42 Å². The molecule has 104 valence electrons. The van der Waals surface area contributed by atoms with Crippen molar-refractivity contribution in [3.05, 3.63) is 31.0 Å². The first-order chi connectivity index (χ1) is 9.14. The molecule has 1 fully saturated rings. The number of hydrogen-bond acceptors (Lipinski definition) is 4. The number of sulfonamides is 1. The van der Waals surface area contributed by atoms with Gasteiger partial charge in [-0.15, -0.1) is 18.3 Å². The van der Waals surface area contributed by atoms with Crippen LogP contribution in [0.4, 0.5) is 0 Å². The van der Waals surface area contributed by atoms with Crippen LogP contribution in [0.5, 0.6) is 0 Å². The van der Waals surface area contributed by atoms with Crippen molar-refractivity contribution in [2.45, 2.75) is 29.2 Å². The lowest BCUT2D eigenvalue weighted by Gasteiger charge is -2.25. The zero-order chi connectivity index (χ0) is 13.7. The maximum Gasteiger partial charge on any atom is 0.244 e. The molecule has 1 aromatic rings. The van der Waals surface area contributed by atoms with Crippen LogP contribution in [-0.4, -0.2) is 36.5 Å². The highest BCUT2D eigenvalue weighted by Crippen LogP contribution is 2.22. The SMILES string of the molecule is C=CCSc1ccc(S(=O)(=O)N2CCCCC2)cn1. The van der Waals surface area contributed by atoms with E-state index >= 15 is 0 Å². The lowest BCUT2D eigenvalue weighted by atomic mass is 10.2. The van der Waals surface area contributed by atoms with Gasteiger partial charge in [-0.2, -0.15) is 4.31 Å². The lowest BCUT2D eigenvalue weighted by molar-refractivity contribution is 0.346. The predicted molar refractivity (Wildman–Crippen MR) is 77.8 cm³/mol. The molecule has 0 N–H and O–H groups in total. The maximum atomic E-state index is 12.4.